The van der Waals surface area contributed by atoms with E-state index in [9.17, 15) is 18.0 Å². The molecule has 0 radical (unpaired) electrons. The topological polar surface area (TPSA) is 108 Å². The molecule has 0 unspecified atom stereocenters. The Hall–Kier alpha value is -2.78. The third kappa shape index (κ3) is 4.68. The van der Waals surface area contributed by atoms with Gasteiger partial charge in [-0.15, -0.1) is 0 Å². The molecule has 1 aliphatic heterocycles. The van der Waals surface area contributed by atoms with Crippen molar-refractivity contribution in [3.05, 3.63) is 58.9 Å². The molecule has 1 aromatic carbocycles. The second-order valence-electron chi connectivity index (χ2n) is 7.65. The molecule has 1 aliphatic rings. The molecule has 1 saturated heterocycles. The van der Waals surface area contributed by atoms with Gasteiger partial charge in [0.15, 0.2) is 0 Å². The third-order valence-corrected chi connectivity index (χ3v) is 7.48. The summed E-state index contributed by atoms with van der Waals surface area (Å²) in [5, 5.41) is 0. The number of hydrazine groups is 1. The van der Waals surface area contributed by atoms with Gasteiger partial charge in [0.25, 0.3) is 11.8 Å². The normalized spacial score (nSPS) is 15.6. The van der Waals surface area contributed by atoms with E-state index < -0.39 is 21.8 Å². The molecule has 0 bridgehead atoms. The minimum Gasteiger partial charge on any atom is -0.267 e. The Morgan fingerprint density at radius 3 is 2.30 bits per heavy atom. The molecule has 0 saturated carbocycles. The summed E-state index contributed by atoms with van der Waals surface area (Å²) in [4.78, 5) is 28.7. The van der Waals surface area contributed by atoms with Crippen LogP contribution in [0.3, 0.4) is 0 Å². The van der Waals surface area contributed by atoms with Crippen molar-refractivity contribution in [2.45, 2.75) is 38.5 Å². The lowest BCUT2D eigenvalue weighted by Crippen LogP contribution is -2.42. The van der Waals surface area contributed by atoms with Crippen LogP contribution < -0.4 is 10.9 Å². The van der Waals surface area contributed by atoms with E-state index in [1.54, 1.807) is 32.0 Å². The quantitative estimate of drug-likeness (QED) is 0.723. The molecule has 9 heteroatoms. The zero-order valence-corrected chi connectivity index (χ0v) is 18.1. The maximum atomic E-state index is 13.2. The van der Waals surface area contributed by atoms with Crippen molar-refractivity contribution in [2.75, 3.05) is 13.1 Å². The lowest BCUT2D eigenvalue weighted by Gasteiger charge is -2.30. The van der Waals surface area contributed by atoms with Crippen LogP contribution in [0.25, 0.3) is 0 Å². The molecule has 2 heterocycles. The number of pyridine rings is 1. The highest BCUT2D eigenvalue weighted by Crippen LogP contribution is 2.28. The molecule has 3 rings (SSSR count). The Kier molecular flexibility index (Phi) is 6.52. The predicted octanol–water partition coefficient (Wildman–Crippen LogP) is 2.19. The maximum absolute atomic E-state index is 13.2. The fraction of sp³-hybridized carbons (Fsp3) is 0.381. The van der Waals surface area contributed by atoms with Crippen LogP contribution in [0.2, 0.25) is 0 Å². The number of benzene rings is 1. The summed E-state index contributed by atoms with van der Waals surface area (Å²) in [7, 11) is -3.71. The summed E-state index contributed by atoms with van der Waals surface area (Å²) < 4.78 is 27.9. The molecular weight excluding hydrogens is 404 g/mol. The third-order valence-electron chi connectivity index (χ3n) is 5.46. The Morgan fingerprint density at radius 2 is 1.70 bits per heavy atom. The largest absolute Gasteiger partial charge is 0.271 e. The number of nitrogens with one attached hydrogen (secondary N) is 2. The zero-order chi connectivity index (χ0) is 21.9. The first-order valence-electron chi connectivity index (χ1n) is 9.82. The number of carbonyl (C=O) groups excluding carboxylic acids is 2. The van der Waals surface area contributed by atoms with E-state index >= 15 is 0 Å². The maximum Gasteiger partial charge on any atom is 0.271 e. The fourth-order valence-electron chi connectivity index (χ4n) is 3.35. The highest BCUT2D eigenvalue weighted by atomic mass is 32.2. The number of hydrogen-bond acceptors (Lipinski definition) is 5. The standard InChI is InChI=1S/C21H26N4O4S/c1-14-6-9-25(10-7-14)30(28,29)19-12-18(11-15(2)16(19)3)21(27)24-23-20(26)17-5-4-8-22-13-17/h4-5,8,11-14H,6-7,9-10H2,1-3H3,(H,23,26)(H,24,27). The number of carbonyl (C=O) groups is 2. The second-order valence-corrected chi connectivity index (χ2v) is 9.56. The van der Waals surface area contributed by atoms with Gasteiger partial charge in [-0.1, -0.05) is 6.92 Å². The Morgan fingerprint density at radius 1 is 1.07 bits per heavy atom. The van der Waals surface area contributed by atoms with Crippen LogP contribution in [-0.4, -0.2) is 42.6 Å². The number of aromatic nitrogens is 1. The number of hydrogen-bond donors (Lipinski definition) is 2. The number of rotatable bonds is 4. The summed E-state index contributed by atoms with van der Waals surface area (Å²) in [6.07, 6.45) is 4.55. The van der Waals surface area contributed by atoms with Crippen molar-refractivity contribution < 1.29 is 18.0 Å². The highest BCUT2D eigenvalue weighted by molar-refractivity contribution is 7.89. The van der Waals surface area contributed by atoms with Crippen molar-refractivity contribution in [3.63, 3.8) is 0 Å². The van der Waals surface area contributed by atoms with Crippen molar-refractivity contribution in [3.8, 4) is 0 Å². The minimum atomic E-state index is -3.71. The first kappa shape index (κ1) is 21.9. The molecular formula is C21H26N4O4S. The van der Waals surface area contributed by atoms with Gasteiger partial charge in [-0.25, -0.2) is 8.42 Å². The van der Waals surface area contributed by atoms with Crippen LogP contribution in [0.4, 0.5) is 0 Å². The number of sulfonamides is 1. The minimum absolute atomic E-state index is 0.126. The van der Waals surface area contributed by atoms with Crippen LogP contribution in [0.5, 0.6) is 0 Å². The van der Waals surface area contributed by atoms with E-state index in [1.807, 2.05) is 0 Å². The van der Waals surface area contributed by atoms with Gasteiger partial charge in [0.1, 0.15) is 0 Å². The molecule has 0 atom stereocenters. The van der Waals surface area contributed by atoms with E-state index in [1.165, 1.54) is 22.8 Å². The van der Waals surface area contributed by atoms with Crippen LogP contribution in [0.15, 0.2) is 41.6 Å². The van der Waals surface area contributed by atoms with Gasteiger partial charge in [-0.3, -0.25) is 25.4 Å². The zero-order valence-electron chi connectivity index (χ0n) is 17.3. The molecule has 8 nitrogen and oxygen atoms in total. The SMILES string of the molecule is Cc1cc(C(=O)NNC(=O)c2cccnc2)cc(S(=O)(=O)N2CCC(C)CC2)c1C. The van der Waals surface area contributed by atoms with Crippen molar-refractivity contribution in [1.82, 2.24) is 20.1 Å². The van der Waals surface area contributed by atoms with Gasteiger partial charge in [-0.05, 0) is 68.0 Å². The van der Waals surface area contributed by atoms with Gasteiger partial charge < -0.3 is 0 Å². The Bertz CT molecular complexity index is 1050. The van der Waals surface area contributed by atoms with Crippen molar-refractivity contribution in [1.29, 1.82) is 0 Å². The highest BCUT2D eigenvalue weighted by Gasteiger charge is 2.30. The molecule has 0 spiro atoms. The van der Waals surface area contributed by atoms with Gasteiger partial charge in [-0.2, -0.15) is 4.31 Å². The van der Waals surface area contributed by atoms with Crippen molar-refractivity contribution in [2.24, 2.45) is 5.92 Å². The van der Waals surface area contributed by atoms with E-state index in [0.717, 1.165) is 12.8 Å². The number of aryl methyl sites for hydroxylation is 1. The predicted molar refractivity (Wildman–Crippen MR) is 112 cm³/mol. The van der Waals surface area contributed by atoms with Crippen LogP contribution in [0.1, 0.15) is 51.6 Å². The summed E-state index contributed by atoms with van der Waals surface area (Å²) in [5.41, 5.74) is 6.41. The molecule has 2 aromatic rings. The number of piperidine rings is 1. The molecule has 160 valence electrons. The monoisotopic (exact) mass is 430 g/mol. The first-order chi connectivity index (χ1) is 14.2. The summed E-state index contributed by atoms with van der Waals surface area (Å²) in [5.74, 6) is -0.616. The summed E-state index contributed by atoms with van der Waals surface area (Å²) in [6.45, 7) is 6.56. The average Bonchev–Trinajstić information content (AvgIpc) is 2.74. The number of nitrogens with zero attached hydrogens (tertiary/aromatic N) is 2. The Balaban J connectivity index is 1.80. The first-order valence-corrected chi connectivity index (χ1v) is 11.3. The molecule has 0 aliphatic carbocycles. The molecule has 2 N–H and O–H groups in total. The molecule has 2 amide bonds. The van der Waals surface area contributed by atoms with E-state index in [4.69, 9.17) is 0 Å². The van der Waals surface area contributed by atoms with Gasteiger partial charge in [0, 0.05) is 31.0 Å². The van der Waals surface area contributed by atoms with E-state index in [2.05, 4.69) is 22.8 Å². The smallest absolute Gasteiger partial charge is 0.267 e. The Labute approximate surface area is 176 Å². The second kappa shape index (κ2) is 8.93. The lowest BCUT2D eigenvalue weighted by molar-refractivity contribution is 0.0846. The van der Waals surface area contributed by atoms with Crippen LogP contribution in [0, 0.1) is 19.8 Å². The van der Waals surface area contributed by atoms with E-state index in [-0.39, 0.29) is 10.5 Å². The molecule has 1 fully saturated rings. The number of amides is 2. The van der Waals surface area contributed by atoms with Gasteiger partial charge in [0.2, 0.25) is 10.0 Å². The molecule has 1 aromatic heterocycles. The molecule has 30 heavy (non-hydrogen) atoms. The summed E-state index contributed by atoms with van der Waals surface area (Å²) in [6, 6.07) is 6.16. The average molecular weight is 431 g/mol. The van der Waals surface area contributed by atoms with Crippen molar-refractivity contribution >= 4 is 21.8 Å². The van der Waals surface area contributed by atoms with Gasteiger partial charge >= 0.3 is 0 Å². The fourth-order valence-corrected chi connectivity index (χ4v) is 5.14. The van der Waals surface area contributed by atoms with E-state index in [0.29, 0.717) is 35.7 Å². The van der Waals surface area contributed by atoms with Gasteiger partial charge in [0.05, 0.1) is 10.5 Å². The van der Waals surface area contributed by atoms with Crippen LogP contribution >= 0.6 is 0 Å². The lowest BCUT2D eigenvalue weighted by atomic mass is 10.0. The summed E-state index contributed by atoms with van der Waals surface area (Å²) >= 11 is 0. The van der Waals surface area contributed by atoms with Crippen LogP contribution in [-0.2, 0) is 10.0 Å².